The van der Waals surface area contributed by atoms with Gasteiger partial charge in [0.05, 0.1) is 5.52 Å². The number of benzene rings is 2. The van der Waals surface area contributed by atoms with Crippen molar-refractivity contribution in [1.29, 1.82) is 0 Å². The Kier molecular flexibility index (Phi) is 7.47. The van der Waals surface area contributed by atoms with Crippen LogP contribution in [0.4, 0.5) is 19.0 Å². The van der Waals surface area contributed by atoms with Crippen molar-refractivity contribution >= 4 is 41.5 Å². The minimum atomic E-state index is -4.70. The standard InChI is InChI=1S/C19H14F3N5O.2ClH/c20-19(21,22)28-14-7-5-13(6-8-14)11-24-17-15-3-1-2-4-16(15)25-18(26-17)27-10-9-23-12-27;;/h1-10,12H,11H2,(H,24,25,26);2*1H. The summed E-state index contributed by atoms with van der Waals surface area (Å²) >= 11 is 0. The van der Waals surface area contributed by atoms with Crippen molar-refractivity contribution in [3.8, 4) is 11.7 Å². The van der Waals surface area contributed by atoms with Crippen molar-refractivity contribution in [2.75, 3.05) is 5.32 Å². The summed E-state index contributed by atoms with van der Waals surface area (Å²) in [5.74, 6) is 0.823. The second kappa shape index (κ2) is 9.64. The van der Waals surface area contributed by atoms with E-state index in [4.69, 9.17) is 0 Å². The smallest absolute Gasteiger partial charge is 0.406 e. The van der Waals surface area contributed by atoms with E-state index in [1.165, 1.54) is 12.1 Å². The first-order chi connectivity index (χ1) is 13.5. The molecule has 158 valence electrons. The van der Waals surface area contributed by atoms with Crippen LogP contribution in [0.15, 0.2) is 67.3 Å². The van der Waals surface area contributed by atoms with Gasteiger partial charge < -0.3 is 10.1 Å². The molecule has 2 aromatic heterocycles. The second-order valence-corrected chi connectivity index (χ2v) is 5.90. The Hall–Kier alpha value is -3.04. The van der Waals surface area contributed by atoms with Crippen LogP contribution in [-0.4, -0.2) is 25.9 Å². The van der Waals surface area contributed by atoms with Crippen LogP contribution < -0.4 is 10.1 Å². The Balaban J connectivity index is 0.00000160. The van der Waals surface area contributed by atoms with Gasteiger partial charge in [0.2, 0.25) is 5.95 Å². The van der Waals surface area contributed by atoms with E-state index in [2.05, 4.69) is 25.0 Å². The lowest BCUT2D eigenvalue weighted by Gasteiger charge is -2.12. The highest BCUT2D eigenvalue weighted by molar-refractivity contribution is 5.89. The summed E-state index contributed by atoms with van der Waals surface area (Å²) in [6.07, 6.45) is 0.278. The summed E-state index contributed by atoms with van der Waals surface area (Å²) in [4.78, 5) is 13.1. The molecule has 4 aromatic rings. The number of ether oxygens (including phenoxy) is 1. The van der Waals surface area contributed by atoms with Gasteiger partial charge in [-0.15, -0.1) is 38.0 Å². The number of fused-ring (bicyclic) bond motifs is 1. The Morgan fingerprint density at radius 3 is 2.37 bits per heavy atom. The maximum Gasteiger partial charge on any atom is 0.573 e. The lowest BCUT2D eigenvalue weighted by molar-refractivity contribution is -0.274. The molecule has 0 unspecified atom stereocenters. The van der Waals surface area contributed by atoms with Crippen LogP contribution in [0.25, 0.3) is 16.9 Å². The molecule has 30 heavy (non-hydrogen) atoms. The van der Waals surface area contributed by atoms with Gasteiger partial charge >= 0.3 is 6.36 Å². The summed E-state index contributed by atoms with van der Waals surface area (Å²) in [5.41, 5.74) is 1.54. The number of nitrogens with one attached hydrogen (secondary N) is 1. The lowest BCUT2D eigenvalue weighted by atomic mass is 10.2. The highest BCUT2D eigenvalue weighted by Crippen LogP contribution is 2.24. The third-order valence-corrected chi connectivity index (χ3v) is 3.94. The van der Waals surface area contributed by atoms with Crippen molar-refractivity contribution in [2.45, 2.75) is 12.9 Å². The van der Waals surface area contributed by atoms with Gasteiger partial charge in [-0.25, -0.2) is 9.97 Å². The van der Waals surface area contributed by atoms with E-state index in [-0.39, 0.29) is 30.6 Å². The normalized spacial score (nSPS) is 10.8. The first-order valence-corrected chi connectivity index (χ1v) is 8.32. The van der Waals surface area contributed by atoms with Crippen LogP contribution in [0.2, 0.25) is 0 Å². The molecule has 0 fully saturated rings. The first-order valence-electron chi connectivity index (χ1n) is 8.32. The number of halogens is 5. The van der Waals surface area contributed by atoms with Gasteiger partial charge in [-0.1, -0.05) is 24.3 Å². The third-order valence-electron chi connectivity index (χ3n) is 3.94. The minimum Gasteiger partial charge on any atom is -0.406 e. The first kappa shape index (κ1) is 23.2. The summed E-state index contributed by atoms with van der Waals surface area (Å²) in [7, 11) is 0. The van der Waals surface area contributed by atoms with Crippen molar-refractivity contribution in [3.05, 3.63) is 72.8 Å². The maximum atomic E-state index is 12.3. The Labute approximate surface area is 182 Å². The van der Waals surface area contributed by atoms with Gasteiger partial charge in [0.25, 0.3) is 0 Å². The number of nitrogens with zero attached hydrogens (tertiary/aromatic N) is 4. The van der Waals surface area contributed by atoms with E-state index in [0.717, 1.165) is 16.5 Å². The number of rotatable bonds is 5. The van der Waals surface area contributed by atoms with Crippen LogP contribution in [0.5, 0.6) is 5.75 Å². The molecule has 0 spiro atoms. The van der Waals surface area contributed by atoms with E-state index in [1.54, 1.807) is 35.4 Å². The number of alkyl halides is 3. The zero-order chi connectivity index (χ0) is 19.6. The van der Waals surface area contributed by atoms with Crippen LogP contribution >= 0.6 is 24.8 Å². The molecule has 0 amide bonds. The lowest BCUT2D eigenvalue weighted by Crippen LogP contribution is -2.17. The monoisotopic (exact) mass is 457 g/mol. The molecule has 0 aliphatic carbocycles. The fourth-order valence-electron chi connectivity index (χ4n) is 2.69. The molecule has 0 atom stereocenters. The SMILES string of the molecule is Cl.Cl.FC(F)(F)Oc1ccc(CNc2nc(-n3ccnc3)nc3ccccc23)cc1. The molecule has 11 heteroatoms. The van der Waals surface area contributed by atoms with Crippen molar-refractivity contribution in [3.63, 3.8) is 0 Å². The zero-order valence-corrected chi connectivity index (χ0v) is 16.8. The number of aromatic nitrogens is 4. The molecular weight excluding hydrogens is 442 g/mol. The van der Waals surface area contributed by atoms with Gasteiger partial charge in [-0.3, -0.25) is 4.57 Å². The zero-order valence-electron chi connectivity index (χ0n) is 15.2. The largest absolute Gasteiger partial charge is 0.573 e. The van der Waals surface area contributed by atoms with E-state index in [0.29, 0.717) is 18.3 Å². The summed E-state index contributed by atoms with van der Waals surface area (Å²) in [6, 6.07) is 13.2. The molecule has 0 bridgehead atoms. The van der Waals surface area contributed by atoms with E-state index >= 15 is 0 Å². The summed E-state index contributed by atoms with van der Waals surface area (Å²) in [5, 5.41) is 4.06. The van der Waals surface area contributed by atoms with Gasteiger partial charge in [0.15, 0.2) is 0 Å². The van der Waals surface area contributed by atoms with Crippen LogP contribution in [0.1, 0.15) is 5.56 Å². The van der Waals surface area contributed by atoms with Crippen molar-refractivity contribution in [2.24, 2.45) is 0 Å². The number of imidazole rings is 1. The molecule has 0 saturated heterocycles. The summed E-state index contributed by atoms with van der Waals surface area (Å²) < 4.78 is 42.4. The fraction of sp³-hybridized carbons (Fsp3) is 0.105. The quantitative estimate of drug-likeness (QED) is 0.447. The molecule has 0 saturated carbocycles. The topological polar surface area (TPSA) is 64.9 Å². The van der Waals surface area contributed by atoms with Crippen LogP contribution in [0.3, 0.4) is 0 Å². The number of anilines is 1. The molecular formula is C19H16Cl2F3N5O. The van der Waals surface area contributed by atoms with Crippen molar-refractivity contribution < 1.29 is 17.9 Å². The van der Waals surface area contributed by atoms with Gasteiger partial charge in [0, 0.05) is 24.3 Å². The number of para-hydroxylation sites is 1. The van der Waals surface area contributed by atoms with Crippen molar-refractivity contribution in [1.82, 2.24) is 19.5 Å². The van der Waals surface area contributed by atoms with Crippen LogP contribution in [-0.2, 0) is 6.54 Å². The summed E-state index contributed by atoms with van der Waals surface area (Å²) in [6.45, 7) is 0.372. The molecule has 0 aliphatic rings. The minimum absolute atomic E-state index is 0. The highest BCUT2D eigenvalue weighted by Gasteiger charge is 2.30. The van der Waals surface area contributed by atoms with Gasteiger partial charge in [0.1, 0.15) is 17.9 Å². The third kappa shape index (κ3) is 5.52. The van der Waals surface area contributed by atoms with E-state index in [1.807, 2.05) is 24.3 Å². The van der Waals surface area contributed by atoms with Gasteiger partial charge in [-0.05, 0) is 29.8 Å². The maximum absolute atomic E-state index is 12.3. The van der Waals surface area contributed by atoms with Gasteiger partial charge in [-0.2, -0.15) is 4.98 Å². The Morgan fingerprint density at radius 2 is 1.70 bits per heavy atom. The predicted molar refractivity (Wildman–Crippen MR) is 112 cm³/mol. The van der Waals surface area contributed by atoms with Crippen LogP contribution in [0, 0.1) is 0 Å². The number of hydrogen-bond donors (Lipinski definition) is 1. The Morgan fingerprint density at radius 1 is 0.967 bits per heavy atom. The molecule has 1 N–H and O–H groups in total. The molecule has 4 rings (SSSR count). The average molecular weight is 458 g/mol. The molecule has 0 radical (unpaired) electrons. The predicted octanol–water partition coefficient (Wildman–Crippen LogP) is 5.17. The second-order valence-electron chi connectivity index (χ2n) is 5.90. The van der Waals surface area contributed by atoms with E-state index < -0.39 is 6.36 Å². The highest BCUT2D eigenvalue weighted by atomic mass is 35.5. The Bertz CT molecular complexity index is 1090. The average Bonchev–Trinajstić information content (AvgIpc) is 3.21. The molecule has 6 nitrogen and oxygen atoms in total. The molecule has 2 heterocycles. The molecule has 0 aliphatic heterocycles. The number of hydrogen-bond acceptors (Lipinski definition) is 5. The van der Waals surface area contributed by atoms with E-state index in [9.17, 15) is 13.2 Å². The molecule has 2 aromatic carbocycles. The fourth-order valence-corrected chi connectivity index (χ4v) is 2.69.